The standard InChI is InChI=1S/C17H23N3S.HI/c1-14(12-16-8-5-11-21-16)13-20-17(18)19-10-9-15-6-3-2-4-7-15;/h2-8,11,14H,9-10,12-13H2,1H3,(H3,18,19,20);1H. The molecule has 22 heavy (non-hydrogen) atoms. The number of aliphatic imine (C=N–C) groups is 1. The number of guanidine groups is 1. The van der Waals surface area contributed by atoms with Gasteiger partial charge in [0.2, 0.25) is 0 Å². The topological polar surface area (TPSA) is 50.4 Å². The summed E-state index contributed by atoms with van der Waals surface area (Å²) in [6.45, 7) is 3.79. The minimum absolute atomic E-state index is 0. The van der Waals surface area contributed by atoms with E-state index in [0.29, 0.717) is 11.9 Å². The highest BCUT2D eigenvalue weighted by molar-refractivity contribution is 14.0. The second-order valence-corrected chi connectivity index (χ2v) is 6.31. The Labute approximate surface area is 154 Å². The van der Waals surface area contributed by atoms with Crippen LogP contribution < -0.4 is 11.1 Å². The first-order chi connectivity index (χ1) is 10.2. The molecule has 1 aromatic heterocycles. The van der Waals surface area contributed by atoms with E-state index < -0.39 is 0 Å². The molecule has 5 heteroatoms. The molecule has 0 bridgehead atoms. The number of nitrogens with two attached hydrogens (primary N) is 1. The third kappa shape index (κ3) is 7.26. The van der Waals surface area contributed by atoms with E-state index in [1.165, 1.54) is 10.4 Å². The molecule has 120 valence electrons. The van der Waals surface area contributed by atoms with Crippen LogP contribution in [-0.4, -0.2) is 19.0 Å². The Morgan fingerprint density at radius 3 is 2.68 bits per heavy atom. The molecule has 1 heterocycles. The highest BCUT2D eigenvalue weighted by atomic mass is 127. The van der Waals surface area contributed by atoms with Gasteiger partial charge in [0.1, 0.15) is 0 Å². The molecule has 0 aliphatic carbocycles. The number of hydrogen-bond donors (Lipinski definition) is 2. The SMILES string of the molecule is CC(CN=C(N)NCCc1ccccc1)Cc1cccs1.I. The van der Waals surface area contributed by atoms with Gasteiger partial charge in [0.05, 0.1) is 0 Å². The normalized spacial score (nSPS) is 12.5. The molecule has 0 saturated heterocycles. The second-order valence-electron chi connectivity index (χ2n) is 5.28. The Bertz CT molecular complexity index is 540. The summed E-state index contributed by atoms with van der Waals surface area (Å²) in [5.41, 5.74) is 7.21. The fourth-order valence-electron chi connectivity index (χ4n) is 2.13. The molecule has 0 spiro atoms. The first-order valence-corrected chi connectivity index (χ1v) is 8.22. The quantitative estimate of drug-likeness (QED) is 0.401. The monoisotopic (exact) mass is 429 g/mol. The Morgan fingerprint density at radius 1 is 1.23 bits per heavy atom. The van der Waals surface area contributed by atoms with Gasteiger partial charge in [0.15, 0.2) is 5.96 Å². The largest absolute Gasteiger partial charge is 0.370 e. The van der Waals surface area contributed by atoms with E-state index in [-0.39, 0.29) is 24.0 Å². The van der Waals surface area contributed by atoms with Crippen molar-refractivity contribution in [3.63, 3.8) is 0 Å². The van der Waals surface area contributed by atoms with E-state index in [2.05, 4.69) is 59.0 Å². The van der Waals surface area contributed by atoms with Crippen molar-refractivity contribution >= 4 is 41.3 Å². The molecule has 3 nitrogen and oxygen atoms in total. The maximum absolute atomic E-state index is 5.90. The molecule has 1 unspecified atom stereocenters. The molecule has 2 rings (SSSR count). The van der Waals surface area contributed by atoms with Gasteiger partial charge in [-0.1, -0.05) is 43.3 Å². The lowest BCUT2D eigenvalue weighted by Crippen LogP contribution is -2.33. The maximum atomic E-state index is 5.90. The first-order valence-electron chi connectivity index (χ1n) is 7.34. The van der Waals surface area contributed by atoms with Gasteiger partial charge in [-0.05, 0) is 35.8 Å². The molecule has 2 aromatic rings. The summed E-state index contributed by atoms with van der Waals surface area (Å²) in [6.07, 6.45) is 2.03. The highest BCUT2D eigenvalue weighted by Gasteiger charge is 2.04. The van der Waals surface area contributed by atoms with E-state index >= 15 is 0 Å². The minimum Gasteiger partial charge on any atom is -0.370 e. The number of rotatable bonds is 7. The van der Waals surface area contributed by atoms with Crippen LogP contribution in [0.2, 0.25) is 0 Å². The molecule has 0 fully saturated rings. The fraction of sp³-hybridized carbons (Fsp3) is 0.353. The van der Waals surface area contributed by atoms with Gasteiger partial charge in [-0.3, -0.25) is 4.99 Å². The van der Waals surface area contributed by atoms with Crippen molar-refractivity contribution in [3.8, 4) is 0 Å². The van der Waals surface area contributed by atoms with Gasteiger partial charge < -0.3 is 11.1 Å². The lowest BCUT2D eigenvalue weighted by molar-refractivity contribution is 0.597. The van der Waals surface area contributed by atoms with Crippen LogP contribution in [-0.2, 0) is 12.8 Å². The van der Waals surface area contributed by atoms with Crippen molar-refractivity contribution in [2.75, 3.05) is 13.1 Å². The third-order valence-electron chi connectivity index (χ3n) is 3.27. The zero-order chi connectivity index (χ0) is 14.9. The van der Waals surface area contributed by atoms with Crippen molar-refractivity contribution in [1.29, 1.82) is 0 Å². The summed E-state index contributed by atoms with van der Waals surface area (Å²) in [7, 11) is 0. The van der Waals surface area contributed by atoms with Crippen LogP contribution in [0.5, 0.6) is 0 Å². The molecular weight excluding hydrogens is 405 g/mol. The van der Waals surface area contributed by atoms with Gasteiger partial charge >= 0.3 is 0 Å². The van der Waals surface area contributed by atoms with E-state index in [0.717, 1.165) is 25.9 Å². The van der Waals surface area contributed by atoms with E-state index in [9.17, 15) is 0 Å². The minimum atomic E-state index is 0. The van der Waals surface area contributed by atoms with Crippen LogP contribution in [0.4, 0.5) is 0 Å². The number of halogens is 1. The van der Waals surface area contributed by atoms with Gasteiger partial charge in [-0.25, -0.2) is 0 Å². The summed E-state index contributed by atoms with van der Waals surface area (Å²) in [5, 5.41) is 5.29. The highest BCUT2D eigenvalue weighted by Crippen LogP contribution is 2.14. The molecule has 0 aliphatic heterocycles. The van der Waals surface area contributed by atoms with Crippen molar-refractivity contribution in [2.45, 2.75) is 19.8 Å². The van der Waals surface area contributed by atoms with E-state index in [1.807, 2.05) is 6.07 Å². The molecule has 0 saturated carbocycles. The van der Waals surface area contributed by atoms with Crippen LogP contribution in [0.15, 0.2) is 52.8 Å². The summed E-state index contributed by atoms with van der Waals surface area (Å²) in [6, 6.07) is 14.7. The summed E-state index contributed by atoms with van der Waals surface area (Å²) in [5.74, 6) is 1.06. The maximum Gasteiger partial charge on any atom is 0.188 e. The van der Waals surface area contributed by atoms with Gasteiger partial charge in [0.25, 0.3) is 0 Å². The zero-order valence-corrected chi connectivity index (χ0v) is 16.0. The molecule has 0 aliphatic rings. The number of benzene rings is 1. The first kappa shape index (κ1) is 19.0. The smallest absolute Gasteiger partial charge is 0.188 e. The predicted molar refractivity (Wildman–Crippen MR) is 107 cm³/mol. The summed E-state index contributed by atoms with van der Waals surface area (Å²) in [4.78, 5) is 5.83. The third-order valence-corrected chi connectivity index (χ3v) is 4.16. The van der Waals surface area contributed by atoms with Crippen molar-refractivity contribution in [1.82, 2.24) is 5.32 Å². The molecule has 1 aromatic carbocycles. The fourth-order valence-corrected chi connectivity index (χ4v) is 3.00. The van der Waals surface area contributed by atoms with E-state index in [4.69, 9.17) is 5.73 Å². The van der Waals surface area contributed by atoms with Crippen LogP contribution >= 0.6 is 35.3 Å². The van der Waals surface area contributed by atoms with Crippen molar-refractivity contribution < 1.29 is 0 Å². The number of nitrogens with zero attached hydrogens (tertiary/aromatic N) is 1. The molecular formula is C17H24IN3S. The second kappa shape index (κ2) is 10.6. The average molecular weight is 429 g/mol. The Balaban J connectivity index is 0.00000242. The molecule has 0 amide bonds. The molecule has 1 atom stereocenters. The number of thiophene rings is 1. The van der Waals surface area contributed by atoms with Gasteiger partial charge in [0, 0.05) is 18.0 Å². The Hall–Kier alpha value is -1.08. The molecule has 0 radical (unpaired) electrons. The van der Waals surface area contributed by atoms with Crippen LogP contribution in [0.25, 0.3) is 0 Å². The van der Waals surface area contributed by atoms with Crippen molar-refractivity contribution in [2.24, 2.45) is 16.6 Å². The van der Waals surface area contributed by atoms with Gasteiger partial charge in [-0.15, -0.1) is 35.3 Å². The zero-order valence-electron chi connectivity index (χ0n) is 12.9. The summed E-state index contributed by atoms with van der Waals surface area (Å²) >= 11 is 1.80. The van der Waals surface area contributed by atoms with Crippen LogP contribution in [0.3, 0.4) is 0 Å². The van der Waals surface area contributed by atoms with Crippen molar-refractivity contribution in [3.05, 3.63) is 58.3 Å². The van der Waals surface area contributed by atoms with E-state index in [1.54, 1.807) is 11.3 Å². The number of hydrogen-bond acceptors (Lipinski definition) is 2. The average Bonchev–Trinajstić information content (AvgIpc) is 2.99. The van der Waals surface area contributed by atoms with Crippen LogP contribution in [0.1, 0.15) is 17.4 Å². The predicted octanol–water partition coefficient (Wildman–Crippen LogP) is 3.69. The summed E-state index contributed by atoms with van der Waals surface area (Å²) < 4.78 is 0. The van der Waals surface area contributed by atoms with Gasteiger partial charge in [-0.2, -0.15) is 0 Å². The van der Waals surface area contributed by atoms with Crippen LogP contribution in [0, 0.1) is 5.92 Å². The lowest BCUT2D eigenvalue weighted by atomic mass is 10.1. The number of nitrogens with one attached hydrogen (secondary N) is 1. The Morgan fingerprint density at radius 2 is 2.00 bits per heavy atom. The molecule has 3 N–H and O–H groups in total. The lowest BCUT2D eigenvalue weighted by Gasteiger charge is -2.09. The Kier molecular flexibility index (Phi) is 9.15.